The number of aromatic nitrogens is 1. The van der Waals surface area contributed by atoms with E-state index in [2.05, 4.69) is 56.4 Å². The molecule has 2 amide bonds. The number of hydrogen-bond acceptors (Lipinski definition) is 4. The number of hydroxylamine groups is 2. The highest BCUT2D eigenvalue weighted by atomic mass is 16.7. The fourth-order valence-corrected chi connectivity index (χ4v) is 4.20. The summed E-state index contributed by atoms with van der Waals surface area (Å²) in [5, 5.41) is 0.609. The van der Waals surface area contributed by atoms with Crippen molar-refractivity contribution in [2.75, 3.05) is 0 Å². The van der Waals surface area contributed by atoms with Gasteiger partial charge in [-0.3, -0.25) is 14.1 Å². The molecule has 4 heterocycles. The Hall–Kier alpha value is -2.90. The summed E-state index contributed by atoms with van der Waals surface area (Å²) in [5.41, 5.74) is 7.78. The van der Waals surface area contributed by atoms with Crippen LogP contribution in [0.25, 0.3) is 5.57 Å². The first kappa shape index (κ1) is 18.5. The Kier molecular flexibility index (Phi) is 4.36. The Bertz CT molecular complexity index is 1010. The van der Waals surface area contributed by atoms with E-state index in [0.29, 0.717) is 11.5 Å². The van der Waals surface area contributed by atoms with Crippen LogP contribution < -0.4 is 0 Å². The zero-order valence-corrected chi connectivity index (χ0v) is 16.5. The van der Waals surface area contributed by atoms with Gasteiger partial charge in [0.15, 0.2) is 11.4 Å². The molecular weight excluding hydrogens is 357 g/mol. The SMILES string of the molecule is CC1=CC(C)=[N+]2[B]n3c(C)cc(C)c3C(CCC(=O)ON3C(=O)CCC3=O)=C12. The molecule has 0 bridgehead atoms. The standard InChI is InChI=1S/C20H22BN3O4/c1-11-9-13(3)22-19(11)15(20-12(2)10-14(4)23(20)21-22)5-8-18(27)28-24-16(25)6-7-17(24)26/h9-10H,5-8H2,1-4H3/q+1. The molecule has 7 nitrogen and oxygen atoms in total. The van der Waals surface area contributed by atoms with E-state index >= 15 is 0 Å². The average molecular weight is 379 g/mol. The second kappa shape index (κ2) is 6.62. The Morgan fingerprint density at radius 2 is 1.86 bits per heavy atom. The summed E-state index contributed by atoms with van der Waals surface area (Å²) in [6.07, 6.45) is 2.86. The first-order valence-corrected chi connectivity index (χ1v) is 9.43. The van der Waals surface area contributed by atoms with Gasteiger partial charge >= 0.3 is 13.5 Å². The highest BCUT2D eigenvalue weighted by molar-refractivity contribution is 6.29. The van der Waals surface area contributed by atoms with Crippen LogP contribution in [0, 0.1) is 13.8 Å². The van der Waals surface area contributed by atoms with Gasteiger partial charge in [-0.25, -0.2) is 4.79 Å². The smallest absolute Gasteiger partial charge is 0.330 e. The number of amides is 2. The van der Waals surface area contributed by atoms with Gasteiger partial charge in [0.2, 0.25) is 0 Å². The fraction of sp³-hybridized carbons (Fsp3) is 0.400. The first-order valence-electron chi connectivity index (χ1n) is 9.43. The predicted molar refractivity (Wildman–Crippen MR) is 103 cm³/mol. The minimum absolute atomic E-state index is 0.0831. The number of rotatable bonds is 4. The quantitative estimate of drug-likeness (QED) is 0.593. The predicted octanol–water partition coefficient (Wildman–Crippen LogP) is 2.03. The van der Waals surface area contributed by atoms with E-state index in [0.717, 1.165) is 39.5 Å². The molecular formula is C20H22BN3O4+. The minimum Gasteiger partial charge on any atom is -0.330 e. The van der Waals surface area contributed by atoms with Crippen molar-refractivity contribution in [3.8, 4) is 0 Å². The van der Waals surface area contributed by atoms with Crippen molar-refractivity contribution in [3.63, 3.8) is 0 Å². The van der Waals surface area contributed by atoms with Crippen molar-refractivity contribution in [3.05, 3.63) is 40.4 Å². The fourth-order valence-electron chi connectivity index (χ4n) is 4.20. The number of aryl methyl sites for hydroxylation is 2. The van der Waals surface area contributed by atoms with Crippen LogP contribution in [0.2, 0.25) is 0 Å². The van der Waals surface area contributed by atoms with Gasteiger partial charge in [0.1, 0.15) is 0 Å². The summed E-state index contributed by atoms with van der Waals surface area (Å²) in [5.74, 6) is -1.50. The van der Waals surface area contributed by atoms with E-state index in [1.54, 1.807) is 0 Å². The highest BCUT2D eigenvalue weighted by Gasteiger charge is 2.40. The van der Waals surface area contributed by atoms with Crippen LogP contribution >= 0.6 is 0 Å². The largest absolute Gasteiger partial charge is 0.699 e. The molecule has 1 radical (unpaired) electrons. The van der Waals surface area contributed by atoms with Gasteiger partial charge in [-0.1, -0.05) is 0 Å². The van der Waals surface area contributed by atoms with E-state index in [4.69, 9.17) is 4.84 Å². The lowest BCUT2D eigenvalue weighted by Crippen LogP contribution is -2.33. The third kappa shape index (κ3) is 2.84. The Morgan fingerprint density at radius 1 is 1.18 bits per heavy atom. The third-order valence-corrected chi connectivity index (χ3v) is 5.42. The molecule has 143 valence electrons. The van der Waals surface area contributed by atoms with Crippen LogP contribution in [0.5, 0.6) is 0 Å². The molecule has 3 aliphatic heterocycles. The van der Waals surface area contributed by atoms with E-state index in [1.165, 1.54) is 0 Å². The van der Waals surface area contributed by atoms with Crippen molar-refractivity contribution in [2.24, 2.45) is 0 Å². The number of imide groups is 1. The molecule has 0 aliphatic carbocycles. The lowest BCUT2D eigenvalue weighted by atomic mass is 9.91. The molecule has 28 heavy (non-hydrogen) atoms. The summed E-state index contributed by atoms with van der Waals surface area (Å²) in [6.45, 7) is 8.24. The van der Waals surface area contributed by atoms with E-state index in [9.17, 15) is 14.4 Å². The van der Waals surface area contributed by atoms with Crippen LogP contribution in [0.4, 0.5) is 0 Å². The van der Waals surface area contributed by atoms with Gasteiger partial charge in [0.05, 0.1) is 6.42 Å². The van der Waals surface area contributed by atoms with Crippen molar-refractivity contribution < 1.29 is 23.7 Å². The minimum atomic E-state index is -0.578. The molecule has 1 saturated heterocycles. The number of carbonyl (C=O) groups excluding carboxylic acids is 3. The van der Waals surface area contributed by atoms with Crippen LogP contribution in [-0.4, -0.2) is 45.1 Å². The normalized spacial score (nSPS) is 18.4. The number of carbonyl (C=O) groups is 3. The summed E-state index contributed by atoms with van der Waals surface area (Å²) >= 11 is 0. The van der Waals surface area contributed by atoms with Crippen molar-refractivity contribution in [1.82, 2.24) is 9.54 Å². The molecule has 0 atom stereocenters. The molecule has 0 saturated carbocycles. The monoisotopic (exact) mass is 379 g/mol. The van der Waals surface area contributed by atoms with Crippen LogP contribution in [0.15, 0.2) is 23.4 Å². The van der Waals surface area contributed by atoms with E-state index < -0.39 is 17.8 Å². The summed E-state index contributed by atoms with van der Waals surface area (Å²) in [6, 6.07) is 2.13. The maximum atomic E-state index is 12.3. The molecule has 1 aromatic rings. The van der Waals surface area contributed by atoms with Gasteiger partial charge in [-0.2, -0.15) is 0 Å². The van der Waals surface area contributed by atoms with Crippen LogP contribution in [0.3, 0.4) is 0 Å². The van der Waals surface area contributed by atoms with Crippen molar-refractivity contribution in [1.29, 1.82) is 0 Å². The molecule has 1 aromatic heterocycles. The highest BCUT2D eigenvalue weighted by Crippen LogP contribution is 2.37. The lowest BCUT2D eigenvalue weighted by molar-refractivity contribution is -0.315. The maximum absolute atomic E-state index is 12.3. The third-order valence-electron chi connectivity index (χ3n) is 5.42. The Morgan fingerprint density at radius 3 is 2.54 bits per heavy atom. The maximum Gasteiger partial charge on any atom is 0.699 e. The molecule has 0 unspecified atom stereocenters. The van der Waals surface area contributed by atoms with Crippen molar-refractivity contribution in [2.45, 2.75) is 53.4 Å². The number of hydrogen-bond donors (Lipinski definition) is 0. The summed E-state index contributed by atoms with van der Waals surface area (Å²) in [7, 11) is 2.08. The van der Waals surface area contributed by atoms with Gasteiger partial charge < -0.3 is 9.32 Å². The molecule has 0 N–H and O–H groups in total. The molecule has 0 spiro atoms. The Labute approximate surface area is 164 Å². The lowest BCUT2D eigenvalue weighted by Gasteiger charge is -2.20. The van der Waals surface area contributed by atoms with Crippen LogP contribution in [-0.2, 0) is 19.2 Å². The topological polar surface area (TPSA) is 71.6 Å². The van der Waals surface area contributed by atoms with Gasteiger partial charge in [-0.05, 0) is 38.8 Å². The van der Waals surface area contributed by atoms with E-state index in [1.807, 2.05) is 0 Å². The number of fused-ring (bicyclic) bond motifs is 2. The zero-order chi connectivity index (χ0) is 20.2. The molecule has 1 fully saturated rings. The molecule has 8 heteroatoms. The summed E-state index contributed by atoms with van der Waals surface area (Å²) < 4.78 is 4.28. The second-order valence-corrected chi connectivity index (χ2v) is 7.51. The second-order valence-electron chi connectivity index (χ2n) is 7.51. The van der Waals surface area contributed by atoms with Crippen molar-refractivity contribution >= 4 is 36.6 Å². The molecule has 0 aromatic carbocycles. The first-order chi connectivity index (χ1) is 13.3. The molecule has 4 rings (SSSR count). The van der Waals surface area contributed by atoms with Crippen LogP contribution in [0.1, 0.15) is 56.5 Å². The van der Waals surface area contributed by atoms with E-state index in [-0.39, 0.29) is 19.3 Å². The summed E-state index contributed by atoms with van der Waals surface area (Å²) in [4.78, 5) is 40.7. The van der Waals surface area contributed by atoms with Gasteiger partial charge in [-0.15, -0.1) is 5.06 Å². The average Bonchev–Trinajstić information content (AvgIpc) is 3.22. The van der Waals surface area contributed by atoms with Gasteiger partial charge in [0.25, 0.3) is 11.8 Å². The number of allylic oxidation sites excluding steroid dienone is 3. The van der Waals surface area contributed by atoms with Gasteiger partial charge in [0, 0.05) is 48.4 Å². The number of nitrogens with zero attached hydrogens (tertiary/aromatic N) is 3. The molecule has 3 aliphatic rings. The Balaban J connectivity index is 1.62. The zero-order valence-electron chi connectivity index (χ0n) is 16.5.